The second-order valence-electron chi connectivity index (χ2n) is 7.09. The Morgan fingerprint density at radius 2 is 1.72 bits per heavy atom. The molecule has 0 spiro atoms. The van der Waals surface area contributed by atoms with Crippen LogP contribution in [0.2, 0.25) is 0 Å². The molecule has 0 bridgehead atoms. The van der Waals surface area contributed by atoms with Gasteiger partial charge in [-0.05, 0) is 43.0 Å². The van der Waals surface area contributed by atoms with E-state index in [9.17, 15) is 9.59 Å². The highest BCUT2D eigenvalue weighted by atomic mass is 16.6. The summed E-state index contributed by atoms with van der Waals surface area (Å²) in [5.74, 6) is 1.27. The van der Waals surface area contributed by atoms with Gasteiger partial charge in [0.15, 0.2) is 11.5 Å². The first kappa shape index (κ1) is 20.7. The summed E-state index contributed by atoms with van der Waals surface area (Å²) in [7, 11) is 1.59. The third-order valence-corrected chi connectivity index (χ3v) is 5.13. The van der Waals surface area contributed by atoms with Gasteiger partial charge in [-0.15, -0.1) is 0 Å². The molecule has 1 unspecified atom stereocenters. The van der Waals surface area contributed by atoms with Gasteiger partial charge in [0.1, 0.15) is 19.3 Å². The summed E-state index contributed by atoms with van der Waals surface area (Å²) >= 11 is 0. The van der Waals surface area contributed by atoms with Gasteiger partial charge in [0.25, 0.3) is 0 Å². The van der Waals surface area contributed by atoms with Crippen molar-refractivity contribution < 1.29 is 19.1 Å². The molecule has 1 aliphatic heterocycles. The van der Waals surface area contributed by atoms with Gasteiger partial charge in [-0.25, -0.2) is 0 Å². The lowest BCUT2D eigenvalue weighted by molar-refractivity contribution is -0.139. The van der Waals surface area contributed by atoms with Crippen molar-refractivity contribution in [3.63, 3.8) is 0 Å². The van der Waals surface area contributed by atoms with Crippen LogP contribution in [0.3, 0.4) is 0 Å². The number of carbonyl (C=O) groups is 2. The highest BCUT2D eigenvalue weighted by molar-refractivity contribution is 5.87. The van der Waals surface area contributed by atoms with Crippen molar-refractivity contribution >= 4 is 11.8 Å². The number of nitrogens with zero attached hydrogens (tertiary/aromatic N) is 1. The summed E-state index contributed by atoms with van der Waals surface area (Å²) in [6.07, 6.45) is 1.62. The number of rotatable bonds is 8. The van der Waals surface area contributed by atoms with E-state index in [1.54, 1.807) is 18.9 Å². The zero-order chi connectivity index (χ0) is 20.6. The maximum atomic E-state index is 13.0. The molecular weight excluding hydrogens is 368 g/mol. The molecule has 0 aromatic heterocycles. The largest absolute Gasteiger partial charge is 0.486 e. The number of ether oxygens (including phenoxy) is 2. The highest BCUT2D eigenvalue weighted by Crippen LogP contribution is 2.31. The van der Waals surface area contributed by atoms with Gasteiger partial charge in [-0.1, -0.05) is 36.4 Å². The number of fused-ring (bicyclic) bond motifs is 1. The van der Waals surface area contributed by atoms with E-state index >= 15 is 0 Å². The maximum Gasteiger partial charge on any atom is 0.242 e. The molecule has 2 aromatic rings. The predicted octanol–water partition coefficient (Wildman–Crippen LogP) is 2.60. The van der Waals surface area contributed by atoms with E-state index in [-0.39, 0.29) is 11.8 Å². The summed E-state index contributed by atoms with van der Waals surface area (Å²) in [6.45, 7) is 3.36. The van der Waals surface area contributed by atoms with E-state index in [1.807, 2.05) is 48.5 Å². The molecular formula is C23H28N2O4. The Morgan fingerprint density at radius 1 is 1.00 bits per heavy atom. The van der Waals surface area contributed by atoms with Gasteiger partial charge in [0.05, 0.1) is 0 Å². The van der Waals surface area contributed by atoms with Crippen LogP contribution < -0.4 is 14.8 Å². The summed E-state index contributed by atoms with van der Waals surface area (Å²) in [5, 5.41) is 2.64. The van der Waals surface area contributed by atoms with E-state index in [0.29, 0.717) is 39.0 Å². The average molecular weight is 396 g/mol. The molecule has 6 heteroatoms. The molecule has 1 N–H and O–H groups in total. The van der Waals surface area contributed by atoms with Crippen molar-refractivity contribution in [2.24, 2.45) is 0 Å². The number of nitrogens with one attached hydrogen (secondary N) is 1. The van der Waals surface area contributed by atoms with Gasteiger partial charge in [-0.2, -0.15) is 0 Å². The van der Waals surface area contributed by atoms with Crippen LogP contribution in [0.15, 0.2) is 48.5 Å². The molecule has 6 nitrogen and oxygen atoms in total. The van der Waals surface area contributed by atoms with Gasteiger partial charge < -0.3 is 19.7 Å². The van der Waals surface area contributed by atoms with Crippen molar-refractivity contribution in [2.75, 3.05) is 26.8 Å². The van der Waals surface area contributed by atoms with Gasteiger partial charge in [0.2, 0.25) is 11.8 Å². The Hall–Kier alpha value is -3.02. The summed E-state index contributed by atoms with van der Waals surface area (Å²) < 4.78 is 11.2. The first-order valence-corrected chi connectivity index (χ1v) is 10.0. The van der Waals surface area contributed by atoms with E-state index in [2.05, 4.69) is 5.32 Å². The fourth-order valence-electron chi connectivity index (χ4n) is 3.42. The number of aryl methyl sites for hydroxylation is 1. The summed E-state index contributed by atoms with van der Waals surface area (Å²) in [4.78, 5) is 26.8. The molecule has 2 amide bonds. The molecule has 154 valence electrons. The minimum Gasteiger partial charge on any atom is -0.486 e. The molecule has 29 heavy (non-hydrogen) atoms. The number of amides is 2. The van der Waals surface area contributed by atoms with Crippen LogP contribution in [0.5, 0.6) is 11.5 Å². The summed E-state index contributed by atoms with van der Waals surface area (Å²) in [6, 6.07) is 15.2. The Labute approximate surface area is 171 Å². The molecule has 1 aliphatic rings. The molecule has 0 aliphatic carbocycles. The third-order valence-electron chi connectivity index (χ3n) is 5.13. The molecule has 3 rings (SSSR count). The van der Waals surface area contributed by atoms with Crippen LogP contribution in [-0.2, 0) is 22.4 Å². The summed E-state index contributed by atoms with van der Waals surface area (Å²) in [5.41, 5.74) is 2.15. The quantitative estimate of drug-likeness (QED) is 0.745. The van der Waals surface area contributed by atoms with Gasteiger partial charge in [0, 0.05) is 20.0 Å². The Balaban J connectivity index is 1.64. The number of hydrogen-bond donors (Lipinski definition) is 1. The number of benzene rings is 2. The van der Waals surface area contributed by atoms with Crippen LogP contribution >= 0.6 is 0 Å². The van der Waals surface area contributed by atoms with Crippen molar-refractivity contribution in [1.29, 1.82) is 0 Å². The van der Waals surface area contributed by atoms with Crippen LogP contribution in [0, 0.1) is 0 Å². The Bertz CT molecular complexity index is 838. The SMILES string of the molecule is CNC(=O)C(C)N(CCc1ccccc1)C(=O)CCc1ccc2c(c1)OCCO2. The molecule has 0 radical (unpaired) electrons. The molecule has 1 heterocycles. The van der Waals surface area contributed by atoms with Crippen molar-refractivity contribution in [3.8, 4) is 11.5 Å². The minimum absolute atomic E-state index is 0.0353. The highest BCUT2D eigenvalue weighted by Gasteiger charge is 2.25. The topological polar surface area (TPSA) is 67.9 Å². The normalized spacial score (nSPS) is 13.4. The molecule has 2 aromatic carbocycles. The lowest BCUT2D eigenvalue weighted by atomic mass is 10.1. The van der Waals surface area contributed by atoms with E-state index in [1.165, 1.54) is 0 Å². The second kappa shape index (κ2) is 9.96. The first-order valence-electron chi connectivity index (χ1n) is 10.0. The average Bonchev–Trinajstić information content (AvgIpc) is 2.77. The third kappa shape index (κ3) is 5.50. The molecule has 0 fully saturated rings. The van der Waals surface area contributed by atoms with Crippen molar-refractivity contribution in [3.05, 3.63) is 59.7 Å². The van der Waals surface area contributed by atoms with Crippen molar-refractivity contribution in [1.82, 2.24) is 10.2 Å². The Morgan fingerprint density at radius 3 is 2.45 bits per heavy atom. The predicted molar refractivity (Wildman–Crippen MR) is 111 cm³/mol. The smallest absolute Gasteiger partial charge is 0.242 e. The minimum atomic E-state index is -0.517. The standard InChI is InChI=1S/C23H28N2O4/c1-17(23(27)24-2)25(13-12-18-6-4-3-5-7-18)22(26)11-9-19-8-10-20-21(16-19)29-15-14-28-20/h3-8,10,16-17H,9,11-15H2,1-2H3,(H,24,27). The van der Waals surface area contributed by atoms with E-state index in [4.69, 9.17) is 9.47 Å². The number of likely N-dealkylation sites (N-methyl/N-ethyl adjacent to an activating group) is 1. The zero-order valence-corrected chi connectivity index (χ0v) is 17.0. The lowest BCUT2D eigenvalue weighted by Gasteiger charge is -2.28. The first-order chi connectivity index (χ1) is 14.1. The molecule has 0 saturated heterocycles. The molecule has 0 saturated carbocycles. The van der Waals surface area contributed by atoms with Crippen molar-refractivity contribution in [2.45, 2.75) is 32.2 Å². The number of hydrogen-bond acceptors (Lipinski definition) is 4. The van der Waals surface area contributed by atoms with Crippen LogP contribution in [0.25, 0.3) is 0 Å². The lowest BCUT2D eigenvalue weighted by Crippen LogP contribution is -2.48. The van der Waals surface area contributed by atoms with Gasteiger partial charge >= 0.3 is 0 Å². The fraction of sp³-hybridized carbons (Fsp3) is 0.391. The van der Waals surface area contributed by atoms with E-state index < -0.39 is 6.04 Å². The van der Waals surface area contributed by atoms with Gasteiger partial charge in [-0.3, -0.25) is 9.59 Å². The van der Waals surface area contributed by atoms with Crippen LogP contribution in [0.4, 0.5) is 0 Å². The van der Waals surface area contributed by atoms with Crippen LogP contribution in [-0.4, -0.2) is 49.6 Å². The number of carbonyl (C=O) groups excluding carboxylic acids is 2. The van der Waals surface area contributed by atoms with E-state index in [0.717, 1.165) is 22.6 Å². The second-order valence-corrected chi connectivity index (χ2v) is 7.09. The molecule has 1 atom stereocenters. The monoisotopic (exact) mass is 396 g/mol. The van der Waals surface area contributed by atoms with Crippen LogP contribution in [0.1, 0.15) is 24.5 Å². The maximum absolute atomic E-state index is 13.0. The Kier molecular flexibility index (Phi) is 7.11. The zero-order valence-electron chi connectivity index (χ0n) is 17.0. The fourth-order valence-corrected chi connectivity index (χ4v) is 3.42.